The van der Waals surface area contributed by atoms with Crippen LogP contribution in [0.4, 0.5) is 0 Å². The van der Waals surface area contributed by atoms with E-state index in [1.54, 1.807) is 0 Å². The Hall–Kier alpha value is -2.08. The number of hydrogen-bond donors (Lipinski definition) is 0. The molecule has 2 rings (SSSR count). The van der Waals surface area contributed by atoms with Gasteiger partial charge in [-0.2, -0.15) is 0 Å². The van der Waals surface area contributed by atoms with Crippen LogP contribution in [0.1, 0.15) is 22.3 Å². The van der Waals surface area contributed by atoms with E-state index < -0.39 is 0 Å². The van der Waals surface area contributed by atoms with Crippen LogP contribution in [0.3, 0.4) is 0 Å². The lowest BCUT2D eigenvalue weighted by atomic mass is 10.1. The molecule has 0 fully saturated rings. The zero-order chi connectivity index (χ0) is 12.1. The van der Waals surface area contributed by atoms with Crippen molar-refractivity contribution in [2.75, 3.05) is 0 Å². The first-order chi connectivity index (χ1) is 8.28. The second kappa shape index (κ2) is 5.31. The van der Waals surface area contributed by atoms with Gasteiger partial charge in [0, 0.05) is 0 Å². The van der Waals surface area contributed by atoms with Crippen molar-refractivity contribution in [3.8, 4) is 0 Å². The van der Waals surface area contributed by atoms with Crippen LogP contribution < -0.4 is 0 Å². The summed E-state index contributed by atoms with van der Waals surface area (Å²) in [4.78, 5) is 0. The molecule has 0 saturated carbocycles. The van der Waals surface area contributed by atoms with Gasteiger partial charge in [0.25, 0.3) is 0 Å². The summed E-state index contributed by atoms with van der Waals surface area (Å²) in [6, 6.07) is 16.8. The van der Waals surface area contributed by atoms with E-state index in [9.17, 15) is 0 Å². The molecule has 0 aliphatic rings. The Labute approximate surface area is 103 Å². The molecule has 0 N–H and O–H groups in total. The molecule has 2 aromatic rings. The van der Waals surface area contributed by atoms with Gasteiger partial charge in [-0.05, 0) is 23.6 Å². The molecule has 0 saturated heterocycles. The third-order valence-corrected chi connectivity index (χ3v) is 2.72. The fourth-order valence-corrected chi connectivity index (χ4v) is 1.61. The maximum Gasteiger partial charge on any atom is -0.0256 e. The van der Waals surface area contributed by atoms with Gasteiger partial charge in [0.05, 0.1) is 0 Å². The molecular formula is C17H16. The molecule has 0 aromatic heterocycles. The van der Waals surface area contributed by atoms with Crippen molar-refractivity contribution in [3.63, 3.8) is 0 Å². The third kappa shape index (κ3) is 3.18. The van der Waals surface area contributed by atoms with E-state index >= 15 is 0 Å². The molecule has 0 aliphatic heterocycles. The first kappa shape index (κ1) is 11.4. The van der Waals surface area contributed by atoms with Gasteiger partial charge in [0.2, 0.25) is 0 Å². The highest BCUT2D eigenvalue weighted by atomic mass is 13.9. The number of benzene rings is 2. The summed E-state index contributed by atoms with van der Waals surface area (Å²) in [5, 5.41) is 0. The first-order valence-corrected chi connectivity index (χ1v) is 5.75. The smallest absolute Gasteiger partial charge is 0.0256 e. The molecule has 0 atom stereocenters. The summed E-state index contributed by atoms with van der Waals surface area (Å²) in [7, 11) is 0. The molecule has 0 aliphatic carbocycles. The van der Waals surface area contributed by atoms with Crippen molar-refractivity contribution < 1.29 is 0 Å². The largest absolute Gasteiger partial charge is 0.0985 e. The maximum absolute atomic E-state index is 3.74. The number of hydrogen-bond acceptors (Lipinski definition) is 0. The van der Waals surface area contributed by atoms with Gasteiger partial charge in [-0.15, -0.1) is 0 Å². The highest BCUT2D eigenvalue weighted by Gasteiger charge is 1.89. The monoisotopic (exact) mass is 220 g/mol. The van der Waals surface area contributed by atoms with E-state index in [1.807, 2.05) is 6.08 Å². The minimum Gasteiger partial charge on any atom is -0.0985 e. The van der Waals surface area contributed by atoms with Gasteiger partial charge in [-0.25, -0.2) is 0 Å². The van der Waals surface area contributed by atoms with Gasteiger partial charge in [-0.1, -0.05) is 78.9 Å². The van der Waals surface area contributed by atoms with Crippen molar-refractivity contribution in [1.29, 1.82) is 0 Å². The predicted octanol–water partition coefficient (Wildman–Crippen LogP) is 4.81. The molecule has 0 heteroatoms. The molecule has 0 nitrogen and oxygen atoms in total. The first-order valence-electron chi connectivity index (χ1n) is 5.75. The Morgan fingerprint density at radius 3 is 1.59 bits per heavy atom. The maximum atomic E-state index is 3.74. The highest BCUT2D eigenvalue weighted by Crippen LogP contribution is 2.11. The van der Waals surface area contributed by atoms with Crippen molar-refractivity contribution in [2.45, 2.75) is 6.92 Å². The molecule has 0 bridgehead atoms. The zero-order valence-electron chi connectivity index (χ0n) is 10.1. The van der Waals surface area contributed by atoms with E-state index in [2.05, 4.69) is 74.2 Å². The van der Waals surface area contributed by atoms with E-state index in [0.717, 1.165) is 5.56 Å². The van der Waals surface area contributed by atoms with Gasteiger partial charge in [0.15, 0.2) is 0 Å². The molecule has 0 spiro atoms. The average Bonchev–Trinajstić information content (AvgIpc) is 2.39. The molecule has 0 radical (unpaired) electrons. The van der Waals surface area contributed by atoms with E-state index in [0.29, 0.717) is 0 Å². The second-order valence-corrected chi connectivity index (χ2v) is 4.11. The van der Waals surface area contributed by atoms with Crippen LogP contribution in [0.25, 0.3) is 18.2 Å². The summed E-state index contributed by atoms with van der Waals surface area (Å²) in [6.45, 7) is 5.84. The van der Waals surface area contributed by atoms with Crippen LogP contribution in [-0.2, 0) is 0 Å². The lowest BCUT2D eigenvalue weighted by molar-refractivity contribution is 1.46. The van der Waals surface area contributed by atoms with E-state index in [1.165, 1.54) is 16.7 Å². The SMILES string of the molecule is C=Cc1ccc(/C=C\c2ccc(C)cc2)cc1. The quantitative estimate of drug-likeness (QED) is 0.651. The van der Waals surface area contributed by atoms with Gasteiger partial charge in [-0.3, -0.25) is 0 Å². The molecule has 84 valence electrons. The van der Waals surface area contributed by atoms with Crippen LogP contribution in [0.2, 0.25) is 0 Å². The molecule has 0 amide bonds. The van der Waals surface area contributed by atoms with Gasteiger partial charge >= 0.3 is 0 Å². The predicted molar refractivity (Wildman–Crippen MR) is 76.6 cm³/mol. The second-order valence-electron chi connectivity index (χ2n) is 4.11. The summed E-state index contributed by atoms with van der Waals surface area (Å²) < 4.78 is 0. The van der Waals surface area contributed by atoms with Crippen LogP contribution >= 0.6 is 0 Å². The lowest BCUT2D eigenvalue weighted by Gasteiger charge is -1.97. The minimum atomic E-state index is 1.15. The Morgan fingerprint density at radius 1 is 0.706 bits per heavy atom. The Balaban J connectivity index is 2.14. The van der Waals surface area contributed by atoms with Crippen molar-refractivity contribution in [1.82, 2.24) is 0 Å². The topological polar surface area (TPSA) is 0 Å². The normalized spacial score (nSPS) is 10.6. The summed E-state index contributed by atoms with van der Waals surface area (Å²) in [5.74, 6) is 0. The van der Waals surface area contributed by atoms with Crippen LogP contribution in [0.5, 0.6) is 0 Å². The minimum absolute atomic E-state index is 1.15. The standard InChI is InChI=1S/C17H16/c1-3-15-8-10-17(11-9-15)13-12-16-6-4-14(2)5-7-16/h3-13H,1H2,2H3/b13-12-. The van der Waals surface area contributed by atoms with Crippen LogP contribution in [0.15, 0.2) is 55.1 Å². The van der Waals surface area contributed by atoms with Gasteiger partial charge in [0.1, 0.15) is 0 Å². The number of rotatable bonds is 3. The molecule has 0 unspecified atom stereocenters. The Bertz CT molecular complexity index is 513. The molecule has 0 heterocycles. The Morgan fingerprint density at radius 2 is 1.12 bits per heavy atom. The lowest BCUT2D eigenvalue weighted by Crippen LogP contribution is -1.75. The van der Waals surface area contributed by atoms with Gasteiger partial charge < -0.3 is 0 Å². The summed E-state index contributed by atoms with van der Waals surface area (Å²) >= 11 is 0. The fraction of sp³-hybridized carbons (Fsp3) is 0.0588. The Kier molecular flexibility index (Phi) is 3.56. The van der Waals surface area contributed by atoms with Crippen LogP contribution in [-0.4, -0.2) is 0 Å². The molecule has 2 aromatic carbocycles. The molecular weight excluding hydrogens is 204 g/mol. The van der Waals surface area contributed by atoms with E-state index in [-0.39, 0.29) is 0 Å². The zero-order valence-corrected chi connectivity index (χ0v) is 10.1. The highest BCUT2D eigenvalue weighted by molar-refractivity contribution is 5.70. The fourth-order valence-electron chi connectivity index (χ4n) is 1.61. The average molecular weight is 220 g/mol. The summed E-state index contributed by atoms with van der Waals surface area (Å²) in [6.07, 6.45) is 6.10. The van der Waals surface area contributed by atoms with Crippen molar-refractivity contribution in [3.05, 3.63) is 77.4 Å². The van der Waals surface area contributed by atoms with Crippen molar-refractivity contribution in [2.24, 2.45) is 0 Å². The number of aryl methyl sites for hydroxylation is 1. The van der Waals surface area contributed by atoms with Crippen LogP contribution in [0, 0.1) is 6.92 Å². The molecule has 17 heavy (non-hydrogen) atoms. The van der Waals surface area contributed by atoms with E-state index in [4.69, 9.17) is 0 Å². The summed E-state index contributed by atoms with van der Waals surface area (Å²) in [5.41, 5.74) is 4.87. The third-order valence-electron chi connectivity index (χ3n) is 2.72. The van der Waals surface area contributed by atoms with Crippen molar-refractivity contribution >= 4 is 18.2 Å².